The van der Waals surface area contributed by atoms with E-state index in [1.54, 1.807) is 6.20 Å². The minimum absolute atomic E-state index is 0.151. The summed E-state index contributed by atoms with van der Waals surface area (Å²) in [6.45, 7) is 1.94. The topological polar surface area (TPSA) is 58.0 Å². The van der Waals surface area contributed by atoms with Crippen LogP contribution in [0.2, 0.25) is 5.02 Å². The molecule has 4 nitrogen and oxygen atoms in total. The van der Waals surface area contributed by atoms with Gasteiger partial charge < -0.3 is 10.4 Å². The number of hydrogen-bond acceptors (Lipinski definition) is 4. The standard InChI is InChI=1S/C22H18ClN3O/c1-14-5-2-9-19(25-14)26-20(16-6-3-8-17(23)13-16)18-11-10-15-7-4-12-24-21(15)22(18)27/h2-13,20,27H,1H3,(H,25,26)/t20-/m1/s1. The number of fused-ring (bicyclic) bond motifs is 1. The zero-order valence-corrected chi connectivity index (χ0v) is 15.5. The molecule has 134 valence electrons. The third kappa shape index (κ3) is 3.57. The van der Waals surface area contributed by atoms with Gasteiger partial charge in [-0.3, -0.25) is 4.98 Å². The van der Waals surface area contributed by atoms with Crippen molar-refractivity contribution in [2.24, 2.45) is 0 Å². The molecule has 2 aromatic carbocycles. The lowest BCUT2D eigenvalue weighted by Crippen LogP contribution is -2.14. The van der Waals surface area contributed by atoms with Gasteiger partial charge in [-0.2, -0.15) is 0 Å². The first-order valence-electron chi connectivity index (χ1n) is 8.64. The van der Waals surface area contributed by atoms with E-state index in [2.05, 4.69) is 15.3 Å². The van der Waals surface area contributed by atoms with Crippen LogP contribution in [0.15, 0.2) is 72.9 Å². The van der Waals surface area contributed by atoms with Crippen LogP contribution in [0.25, 0.3) is 10.9 Å². The van der Waals surface area contributed by atoms with Crippen LogP contribution in [0.4, 0.5) is 5.82 Å². The maximum absolute atomic E-state index is 10.9. The van der Waals surface area contributed by atoms with E-state index in [-0.39, 0.29) is 11.8 Å². The monoisotopic (exact) mass is 375 g/mol. The Bertz CT molecular complexity index is 1110. The largest absolute Gasteiger partial charge is 0.505 e. The zero-order valence-electron chi connectivity index (χ0n) is 14.7. The van der Waals surface area contributed by atoms with Crippen molar-refractivity contribution in [1.82, 2.24) is 9.97 Å². The van der Waals surface area contributed by atoms with Crippen molar-refractivity contribution in [1.29, 1.82) is 0 Å². The predicted octanol–water partition coefficient (Wildman–Crippen LogP) is 5.50. The summed E-state index contributed by atoms with van der Waals surface area (Å²) in [5, 5.41) is 15.9. The lowest BCUT2D eigenvalue weighted by Gasteiger charge is -2.22. The number of rotatable bonds is 4. The summed E-state index contributed by atoms with van der Waals surface area (Å²) < 4.78 is 0. The maximum atomic E-state index is 10.9. The van der Waals surface area contributed by atoms with Gasteiger partial charge in [-0.25, -0.2) is 4.98 Å². The van der Waals surface area contributed by atoms with Gasteiger partial charge in [0.15, 0.2) is 0 Å². The molecule has 0 spiro atoms. The van der Waals surface area contributed by atoms with Gasteiger partial charge >= 0.3 is 0 Å². The molecule has 0 amide bonds. The molecular formula is C22H18ClN3O. The van der Waals surface area contributed by atoms with Crippen LogP contribution in [0.5, 0.6) is 5.75 Å². The fraction of sp³-hybridized carbons (Fsp3) is 0.0909. The summed E-state index contributed by atoms with van der Waals surface area (Å²) in [7, 11) is 0. The second kappa shape index (κ2) is 7.25. The number of pyridine rings is 2. The minimum atomic E-state index is -0.329. The van der Waals surface area contributed by atoms with Gasteiger partial charge in [0.2, 0.25) is 0 Å². The van der Waals surface area contributed by atoms with Crippen LogP contribution in [0.3, 0.4) is 0 Å². The van der Waals surface area contributed by atoms with Crippen LogP contribution < -0.4 is 5.32 Å². The fourth-order valence-electron chi connectivity index (χ4n) is 3.18. The van der Waals surface area contributed by atoms with Crippen molar-refractivity contribution in [3.63, 3.8) is 0 Å². The highest BCUT2D eigenvalue weighted by Gasteiger charge is 2.20. The molecule has 27 heavy (non-hydrogen) atoms. The average Bonchev–Trinajstić information content (AvgIpc) is 2.67. The Morgan fingerprint density at radius 3 is 2.67 bits per heavy atom. The second-order valence-corrected chi connectivity index (χ2v) is 6.81. The minimum Gasteiger partial charge on any atom is -0.505 e. The van der Waals surface area contributed by atoms with Gasteiger partial charge in [0.25, 0.3) is 0 Å². The van der Waals surface area contributed by atoms with Gasteiger partial charge in [0, 0.05) is 27.9 Å². The number of anilines is 1. The number of phenolic OH excluding ortho intramolecular Hbond substituents is 1. The normalized spacial score (nSPS) is 12.1. The Labute approximate surface area is 162 Å². The van der Waals surface area contributed by atoms with E-state index in [0.717, 1.165) is 22.5 Å². The van der Waals surface area contributed by atoms with Gasteiger partial charge in [0.1, 0.15) is 17.1 Å². The van der Waals surface area contributed by atoms with Gasteiger partial charge in [-0.1, -0.05) is 48.0 Å². The molecule has 0 saturated heterocycles. The molecule has 0 aliphatic rings. The summed E-state index contributed by atoms with van der Waals surface area (Å²) in [4.78, 5) is 8.87. The highest BCUT2D eigenvalue weighted by molar-refractivity contribution is 6.30. The number of aryl methyl sites for hydroxylation is 1. The van der Waals surface area contributed by atoms with Crippen molar-refractivity contribution in [3.05, 3.63) is 94.8 Å². The Hall–Kier alpha value is -3.11. The molecule has 0 bridgehead atoms. The molecule has 5 heteroatoms. The van der Waals surface area contributed by atoms with Gasteiger partial charge in [0.05, 0.1) is 6.04 Å². The SMILES string of the molecule is Cc1cccc(N[C@H](c2cccc(Cl)c2)c2ccc3cccnc3c2O)n1. The van der Waals surface area contributed by atoms with E-state index in [1.165, 1.54) is 0 Å². The molecule has 0 aliphatic heterocycles. The van der Waals surface area contributed by atoms with Crippen LogP contribution in [-0.2, 0) is 0 Å². The van der Waals surface area contributed by atoms with E-state index in [1.807, 2.05) is 73.7 Å². The molecule has 0 aliphatic carbocycles. The van der Waals surface area contributed by atoms with Crippen molar-refractivity contribution in [3.8, 4) is 5.75 Å². The lowest BCUT2D eigenvalue weighted by atomic mass is 9.96. The molecule has 2 heterocycles. The molecule has 0 unspecified atom stereocenters. The van der Waals surface area contributed by atoms with Gasteiger partial charge in [-0.15, -0.1) is 0 Å². The molecule has 2 N–H and O–H groups in total. The van der Waals surface area contributed by atoms with Crippen molar-refractivity contribution < 1.29 is 5.11 Å². The zero-order chi connectivity index (χ0) is 18.8. The molecule has 4 rings (SSSR count). The Morgan fingerprint density at radius 1 is 1.00 bits per heavy atom. The average molecular weight is 376 g/mol. The Balaban J connectivity index is 1.86. The van der Waals surface area contributed by atoms with Crippen LogP contribution in [0.1, 0.15) is 22.9 Å². The van der Waals surface area contributed by atoms with E-state index in [9.17, 15) is 5.11 Å². The quantitative estimate of drug-likeness (QED) is 0.494. The maximum Gasteiger partial charge on any atom is 0.147 e. The number of aromatic hydroxyl groups is 1. The third-order valence-corrected chi connectivity index (χ3v) is 4.69. The van der Waals surface area contributed by atoms with Crippen LogP contribution in [0, 0.1) is 6.92 Å². The highest BCUT2D eigenvalue weighted by Crippen LogP contribution is 2.36. The molecule has 0 fully saturated rings. The second-order valence-electron chi connectivity index (χ2n) is 6.38. The molecule has 0 radical (unpaired) electrons. The van der Waals surface area contributed by atoms with Crippen LogP contribution >= 0.6 is 11.6 Å². The van der Waals surface area contributed by atoms with Gasteiger partial charge in [-0.05, 0) is 42.8 Å². The lowest BCUT2D eigenvalue weighted by molar-refractivity contribution is 0.471. The number of hydrogen-bond donors (Lipinski definition) is 2. The number of phenols is 1. The number of aromatic nitrogens is 2. The molecule has 0 saturated carbocycles. The number of nitrogens with one attached hydrogen (secondary N) is 1. The first-order chi connectivity index (χ1) is 13.1. The fourth-order valence-corrected chi connectivity index (χ4v) is 3.38. The van der Waals surface area contributed by atoms with Crippen molar-refractivity contribution in [2.45, 2.75) is 13.0 Å². The summed E-state index contributed by atoms with van der Waals surface area (Å²) >= 11 is 6.22. The van der Waals surface area contributed by atoms with Crippen LogP contribution in [-0.4, -0.2) is 15.1 Å². The molecule has 4 aromatic rings. The van der Waals surface area contributed by atoms with Crippen molar-refractivity contribution in [2.75, 3.05) is 5.32 Å². The molecule has 2 aromatic heterocycles. The summed E-state index contributed by atoms with van der Waals surface area (Å²) in [5.41, 5.74) is 3.12. The van der Waals surface area contributed by atoms with Crippen molar-refractivity contribution >= 4 is 28.3 Å². The number of halogens is 1. The van der Waals surface area contributed by atoms with E-state index in [4.69, 9.17) is 11.6 Å². The number of benzene rings is 2. The van der Waals surface area contributed by atoms with E-state index in [0.29, 0.717) is 16.1 Å². The summed E-state index contributed by atoms with van der Waals surface area (Å²) in [6.07, 6.45) is 1.68. The predicted molar refractivity (Wildman–Crippen MR) is 109 cm³/mol. The third-order valence-electron chi connectivity index (χ3n) is 4.45. The Kier molecular flexibility index (Phi) is 4.65. The number of nitrogens with zero attached hydrogens (tertiary/aromatic N) is 2. The molecule has 1 atom stereocenters. The first kappa shape index (κ1) is 17.3. The smallest absolute Gasteiger partial charge is 0.147 e. The Morgan fingerprint density at radius 2 is 1.85 bits per heavy atom. The first-order valence-corrected chi connectivity index (χ1v) is 9.02. The highest BCUT2D eigenvalue weighted by atomic mass is 35.5. The van der Waals surface area contributed by atoms with E-state index < -0.39 is 0 Å². The molecular weight excluding hydrogens is 358 g/mol. The summed E-state index contributed by atoms with van der Waals surface area (Å²) in [6, 6.07) is 20.7. The summed E-state index contributed by atoms with van der Waals surface area (Å²) in [5.74, 6) is 0.874. The van der Waals surface area contributed by atoms with E-state index >= 15 is 0 Å².